The maximum Gasteiger partial charge on any atom is 0.0220 e. The van der Waals surface area contributed by atoms with Gasteiger partial charge in [0.05, 0.1) is 0 Å². The molecule has 2 bridgehead atoms. The van der Waals surface area contributed by atoms with Crippen LogP contribution in [0, 0.1) is 17.8 Å². The maximum absolute atomic E-state index is 3.47. The van der Waals surface area contributed by atoms with E-state index in [9.17, 15) is 0 Å². The van der Waals surface area contributed by atoms with Crippen LogP contribution < -0.4 is 5.43 Å². The van der Waals surface area contributed by atoms with Crippen molar-refractivity contribution in [1.82, 2.24) is 10.4 Å². The Morgan fingerprint density at radius 2 is 2.08 bits per heavy atom. The quantitative estimate of drug-likeness (QED) is 0.525. The fraction of sp³-hybridized carbons (Fsp3) is 0.818. The lowest BCUT2D eigenvalue weighted by Crippen LogP contribution is -2.43. The molecule has 2 nitrogen and oxygen atoms in total. The summed E-state index contributed by atoms with van der Waals surface area (Å²) in [4.78, 5) is 0. The summed E-state index contributed by atoms with van der Waals surface area (Å²) < 4.78 is 0. The Morgan fingerprint density at radius 1 is 1.31 bits per heavy atom. The van der Waals surface area contributed by atoms with E-state index < -0.39 is 0 Å². The van der Waals surface area contributed by atoms with Crippen molar-refractivity contribution in [3.63, 3.8) is 0 Å². The first-order valence-electron chi connectivity index (χ1n) is 5.28. The average Bonchev–Trinajstić information content (AvgIpc) is 2.62. The molecular formula is C11H20N2. The first kappa shape index (κ1) is 9.22. The SMILES string of the molecule is CC(NN(C)C)C1CC2C=CC1C2. The Labute approximate surface area is 81.0 Å². The van der Waals surface area contributed by atoms with Crippen LogP contribution in [-0.2, 0) is 0 Å². The van der Waals surface area contributed by atoms with E-state index in [4.69, 9.17) is 0 Å². The van der Waals surface area contributed by atoms with Crippen LogP contribution in [0.1, 0.15) is 19.8 Å². The molecular weight excluding hydrogens is 160 g/mol. The number of rotatable bonds is 3. The molecule has 1 saturated carbocycles. The van der Waals surface area contributed by atoms with Crippen molar-refractivity contribution < 1.29 is 0 Å². The van der Waals surface area contributed by atoms with E-state index >= 15 is 0 Å². The summed E-state index contributed by atoms with van der Waals surface area (Å²) in [6.07, 6.45) is 7.63. The van der Waals surface area contributed by atoms with Gasteiger partial charge in [0, 0.05) is 20.1 Å². The van der Waals surface area contributed by atoms with Crippen LogP contribution in [0.2, 0.25) is 0 Å². The molecule has 2 aliphatic carbocycles. The molecule has 0 amide bonds. The summed E-state index contributed by atoms with van der Waals surface area (Å²) in [7, 11) is 4.14. The minimum absolute atomic E-state index is 0.620. The summed E-state index contributed by atoms with van der Waals surface area (Å²) in [5.74, 6) is 2.60. The molecule has 0 spiro atoms. The van der Waals surface area contributed by atoms with Crippen LogP contribution >= 0.6 is 0 Å². The van der Waals surface area contributed by atoms with Crippen molar-refractivity contribution in [2.24, 2.45) is 17.8 Å². The van der Waals surface area contributed by atoms with Crippen LogP contribution in [0.3, 0.4) is 0 Å². The van der Waals surface area contributed by atoms with Gasteiger partial charge < -0.3 is 0 Å². The Bertz CT molecular complexity index is 210. The molecule has 0 aromatic rings. The molecule has 0 aromatic heterocycles. The van der Waals surface area contributed by atoms with Crippen molar-refractivity contribution in [3.05, 3.63) is 12.2 Å². The van der Waals surface area contributed by atoms with E-state index in [1.54, 1.807) is 0 Å². The summed E-state index contributed by atoms with van der Waals surface area (Å²) in [6.45, 7) is 2.30. The van der Waals surface area contributed by atoms with E-state index in [1.807, 2.05) is 0 Å². The zero-order chi connectivity index (χ0) is 9.42. The van der Waals surface area contributed by atoms with Gasteiger partial charge in [-0.3, -0.25) is 10.4 Å². The van der Waals surface area contributed by atoms with Gasteiger partial charge in [-0.25, -0.2) is 0 Å². The molecule has 2 heteroatoms. The van der Waals surface area contributed by atoms with Gasteiger partial charge >= 0.3 is 0 Å². The van der Waals surface area contributed by atoms with Crippen molar-refractivity contribution in [2.75, 3.05) is 14.1 Å². The zero-order valence-electron chi connectivity index (χ0n) is 8.83. The third kappa shape index (κ3) is 1.79. The number of nitrogens with zero attached hydrogens (tertiary/aromatic N) is 1. The molecule has 1 fully saturated rings. The van der Waals surface area contributed by atoms with E-state index in [0.29, 0.717) is 6.04 Å². The lowest BCUT2D eigenvalue weighted by atomic mass is 9.88. The maximum atomic E-state index is 3.47. The number of nitrogens with one attached hydrogen (secondary N) is 1. The third-order valence-corrected chi connectivity index (χ3v) is 3.43. The average molecular weight is 180 g/mol. The fourth-order valence-corrected chi connectivity index (χ4v) is 2.90. The summed E-state index contributed by atoms with van der Waals surface area (Å²) in [5, 5.41) is 2.07. The van der Waals surface area contributed by atoms with Gasteiger partial charge in [0.15, 0.2) is 0 Å². The standard InChI is InChI=1S/C11H20N2/c1-8(12-13(2)3)11-7-9-4-5-10(11)6-9/h4-5,8-12H,6-7H2,1-3H3. The largest absolute Gasteiger partial charge is 0.253 e. The van der Waals surface area contributed by atoms with Crippen molar-refractivity contribution in [2.45, 2.75) is 25.8 Å². The minimum Gasteiger partial charge on any atom is -0.253 e. The molecule has 13 heavy (non-hydrogen) atoms. The number of hydrogen-bond acceptors (Lipinski definition) is 2. The van der Waals surface area contributed by atoms with Gasteiger partial charge in [-0.1, -0.05) is 12.2 Å². The number of hydrogen-bond donors (Lipinski definition) is 1. The minimum atomic E-state index is 0.620. The third-order valence-electron chi connectivity index (χ3n) is 3.43. The Balaban J connectivity index is 1.91. The van der Waals surface area contributed by atoms with Crippen molar-refractivity contribution in [1.29, 1.82) is 0 Å². The summed E-state index contributed by atoms with van der Waals surface area (Å²) >= 11 is 0. The molecule has 1 N–H and O–H groups in total. The topological polar surface area (TPSA) is 15.3 Å². The Kier molecular flexibility index (Phi) is 2.43. The van der Waals surface area contributed by atoms with Gasteiger partial charge in [-0.15, -0.1) is 0 Å². The first-order valence-corrected chi connectivity index (χ1v) is 5.28. The molecule has 0 aliphatic heterocycles. The Hall–Kier alpha value is -0.340. The van der Waals surface area contributed by atoms with Crippen molar-refractivity contribution >= 4 is 0 Å². The highest BCUT2D eigenvalue weighted by Crippen LogP contribution is 2.44. The van der Waals surface area contributed by atoms with Crippen LogP contribution in [0.4, 0.5) is 0 Å². The Morgan fingerprint density at radius 3 is 2.54 bits per heavy atom. The van der Waals surface area contributed by atoms with E-state index in [-0.39, 0.29) is 0 Å². The molecule has 0 heterocycles. The van der Waals surface area contributed by atoms with E-state index in [2.05, 4.69) is 43.6 Å². The number of hydrazine groups is 1. The molecule has 74 valence electrons. The molecule has 0 saturated heterocycles. The molecule has 2 aliphatic rings. The molecule has 4 unspecified atom stereocenters. The molecule has 2 rings (SSSR count). The summed E-state index contributed by atoms with van der Waals surface area (Å²) in [6, 6.07) is 0.620. The monoisotopic (exact) mass is 180 g/mol. The molecule has 0 radical (unpaired) electrons. The van der Waals surface area contributed by atoms with Crippen molar-refractivity contribution in [3.8, 4) is 0 Å². The zero-order valence-corrected chi connectivity index (χ0v) is 8.83. The highest BCUT2D eigenvalue weighted by molar-refractivity contribution is 5.11. The smallest absolute Gasteiger partial charge is 0.0220 e. The highest BCUT2D eigenvalue weighted by Gasteiger charge is 2.38. The van der Waals surface area contributed by atoms with Gasteiger partial charge in [0.2, 0.25) is 0 Å². The van der Waals surface area contributed by atoms with Crippen LogP contribution in [-0.4, -0.2) is 25.1 Å². The second-order valence-electron chi connectivity index (χ2n) is 4.76. The number of allylic oxidation sites excluding steroid dienone is 2. The predicted octanol–water partition coefficient (Wildman–Crippen LogP) is 1.65. The van der Waals surface area contributed by atoms with Crippen LogP contribution in [0.15, 0.2) is 12.2 Å². The summed E-state index contributed by atoms with van der Waals surface area (Å²) in [5.41, 5.74) is 3.47. The first-order chi connectivity index (χ1) is 6.16. The normalized spacial score (nSPS) is 38.9. The van der Waals surface area contributed by atoms with Gasteiger partial charge in [-0.2, -0.15) is 0 Å². The van der Waals surface area contributed by atoms with Gasteiger partial charge in [-0.05, 0) is 37.5 Å². The van der Waals surface area contributed by atoms with E-state index in [1.165, 1.54) is 12.8 Å². The predicted molar refractivity (Wildman–Crippen MR) is 55.1 cm³/mol. The van der Waals surface area contributed by atoms with E-state index in [0.717, 1.165) is 17.8 Å². The molecule has 0 aromatic carbocycles. The lowest BCUT2D eigenvalue weighted by Gasteiger charge is -2.28. The van der Waals surface area contributed by atoms with Gasteiger partial charge in [0.25, 0.3) is 0 Å². The van der Waals surface area contributed by atoms with Gasteiger partial charge in [0.1, 0.15) is 0 Å². The highest BCUT2D eigenvalue weighted by atomic mass is 15.5. The lowest BCUT2D eigenvalue weighted by molar-refractivity contribution is 0.191. The second-order valence-corrected chi connectivity index (χ2v) is 4.76. The fourth-order valence-electron chi connectivity index (χ4n) is 2.90. The molecule has 4 atom stereocenters. The number of fused-ring (bicyclic) bond motifs is 2. The second kappa shape index (κ2) is 3.43. The van der Waals surface area contributed by atoms with Crippen LogP contribution in [0.5, 0.6) is 0 Å². The van der Waals surface area contributed by atoms with Crippen LogP contribution in [0.25, 0.3) is 0 Å².